The van der Waals surface area contributed by atoms with Crippen molar-refractivity contribution in [1.82, 2.24) is 9.88 Å². The summed E-state index contributed by atoms with van der Waals surface area (Å²) in [5.41, 5.74) is 8.23. The summed E-state index contributed by atoms with van der Waals surface area (Å²) in [4.78, 5) is 18.6. The quantitative estimate of drug-likeness (QED) is 0.725. The Bertz CT molecular complexity index is 950. The normalized spacial score (nSPS) is 15.2. The molecule has 6 nitrogen and oxygen atoms in total. The molecule has 1 aromatic heterocycles. The van der Waals surface area contributed by atoms with Crippen LogP contribution in [0.4, 0.5) is 0 Å². The Kier molecular flexibility index (Phi) is 4.26. The van der Waals surface area contributed by atoms with Gasteiger partial charge in [-0.15, -0.1) is 11.3 Å². The SMILES string of the molecule is C[C@@H](N)C(=O)N1CCOc2c(O)cc(-c3nc4ccccc4s3)cc2C1. The number of fused-ring (bicyclic) bond motifs is 2. The standard InChI is InChI=1S/C19H19N3O3S/c1-11(20)19(24)22-6-7-25-17-13(10-22)8-12(9-15(17)23)18-21-14-4-2-3-5-16(14)26-18/h2-5,8-9,11,23H,6-7,10,20H2,1H3/t11-/m1/s1. The first-order chi connectivity index (χ1) is 12.5. The van der Waals surface area contributed by atoms with E-state index >= 15 is 0 Å². The van der Waals surface area contributed by atoms with Crippen LogP contribution < -0.4 is 10.5 Å². The smallest absolute Gasteiger partial charge is 0.239 e. The molecule has 1 amide bonds. The average molecular weight is 369 g/mol. The minimum absolute atomic E-state index is 0.0619. The summed E-state index contributed by atoms with van der Waals surface area (Å²) in [5, 5.41) is 11.3. The highest BCUT2D eigenvalue weighted by Gasteiger charge is 2.24. The van der Waals surface area contributed by atoms with E-state index in [0.717, 1.165) is 26.4 Å². The molecule has 0 fully saturated rings. The van der Waals surface area contributed by atoms with Gasteiger partial charge in [0.1, 0.15) is 11.6 Å². The van der Waals surface area contributed by atoms with E-state index in [9.17, 15) is 9.90 Å². The summed E-state index contributed by atoms with van der Waals surface area (Å²) in [6.07, 6.45) is 0. The van der Waals surface area contributed by atoms with Crippen LogP contribution in [0.25, 0.3) is 20.8 Å². The molecule has 0 aliphatic carbocycles. The van der Waals surface area contributed by atoms with Crippen molar-refractivity contribution in [1.29, 1.82) is 0 Å². The van der Waals surface area contributed by atoms with Crippen LogP contribution in [0.3, 0.4) is 0 Å². The monoisotopic (exact) mass is 369 g/mol. The molecule has 7 heteroatoms. The molecule has 1 aliphatic heterocycles. The lowest BCUT2D eigenvalue weighted by molar-refractivity contribution is -0.132. The zero-order chi connectivity index (χ0) is 18.3. The number of phenolic OH excluding ortho intramolecular Hbond substituents is 1. The summed E-state index contributed by atoms with van der Waals surface area (Å²) in [6.45, 7) is 2.77. The van der Waals surface area contributed by atoms with E-state index in [1.165, 1.54) is 0 Å². The molecule has 0 spiro atoms. The maximum atomic E-state index is 12.3. The molecule has 0 unspecified atom stereocenters. The van der Waals surface area contributed by atoms with Gasteiger partial charge in [-0.1, -0.05) is 12.1 Å². The fourth-order valence-electron chi connectivity index (χ4n) is 3.09. The third-order valence-electron chi connectivity index (χ3n) is 4.36. The lowest BCUT2D eigenvalue weighted by Gasteiger charge is -2.21. The van der Waals surface area contributed by atoms with E-state index in [2.05, 4.69) is 4.98 Å². The van der Waals surface area contributed by atoms with Gasteiger partial charge in [0.15, 0.2) is 11.5 Å². The van der Waals surface area contributed by atoms with Crippen LogP contribution in [-0.2, 0) is 11.3 Å². The van der Waals surface area contributed by atoms with Gasteiger partial charge >= 0.3 is 0 Å². The van der Waals surface area contributed by atoms with Crippen LogP contribution in [0.5, 0.6) is 11.5 Å². The van der Waals surface area contributed by atoms with Gasteiger partial charge in [-0.3, -0.25) is 4.79 Å². The molecule has 2 aromatic carbocycles. The van der Waals surface area contributed by atoms with Gasteiger partial charge < -0.3 is 20.5 Å². The number of nitrogens with zero attached hydrogens (tertiary/aromatic N) is 2. The number of nitrogens with two attached hydrogens (primary N) is 1. The van der Waals surface area contributed by atoms with Crippen LogP contribution in [0.2, 0.25) is 0 Å². The first kappa shape index (κ1) is 16.8. The molecule has 3 aromatic rings. The van der Waals surface area contributed by atoms with E-state index in [-0.39, 0.29) is 11.7 Å². The number of hydrogen-bond donors (Lipinski definition) is 2. The number of phenols is 1. The first-order valence-electron chi connectivity index (χ1n) is 8.42. The lowest BCUT2D eigenvalue weighted by atomic mass is 10.1. The zero-order valence-corrected chi connectivity index (χ0v) is 15.1. The van der Waals surface area contributed by atoms with E-state index in [4.69, 9.17) is 10.5 Å². The van der Waals surface area contributed by atoms with Crippen LogP contribution in [-0.4, -0.2) is 40.1 Å². The van der Waals surface area contributed by atoms with Gasteiger partial charge in [-0.25, -0.2) is 4.98 Å². The zero-order valence-electron chi connectivity index (χ0n) is 14.3. The molecule has 134 valence electrons. The largest absolute Gasteiger partial charge is 0.504 e. The molecule has 1 atom stereocenters. The maximum Gasteiger partial charge on any atom is 0.239 e. The topological polar surface area (TPSA) is 88.7 Å². The van der Waals surface area contributed by atoms with Crippen LogP contribution in [0, 0.1) is 0 Å². The van der Waals surface area contributed by atoms with E-state index < -0.39 is 6.04 Å². The summed E-state index contributed by atoms with van der Waals surface area (Å²) in [6, 6.07) is 10.9. The number of aromatic hydroxyl groups is 1. The number of aromatic nitrogens is 1. The Morgan fingerprint density at radius 2 is 2.19 bits per heavy atom. The second kappa shape index (κ2) is 6.59. The molecule has 0 radical (unpaired) electrons. The van der Waals surface area contributed by atoms with Gasteiger partial charge in [-0.05, 0) is 31.2 Å². The number of benzene rings is 2. The highest BCUT2D eigenvalue weighted by Crippen LogP contribution is 2.39. The van der Waals surface area contributed by atoms with Gasteiger partial charge in [0.25, 0.3) is 0 Å². The summed E-state index contributed by atoms with van der Waals surface area (Å²) < 4.78 is 6.77. The first-order valence-corrected chi connectivity index (χ1v) is 9.23. The highest BCUT2D eigenvalue weighted by atomic mass is 32.1. The van der Waals surface area contributed by atoms with Crippen molar-refractivity contribution in [3.05, 3.63) is 42.0 Å². The minimum atomic E-state index is -0.572. The molecule has 0 saturated carbocycles. The Labute approximate surface area is 154 Å². The number of amides is 1. The molecule has 0 saturated heterocycles. The Hall–Kier alpha value is -2.64. The van der Waals surface area contributed by atoms with Crippen LogP contribution >= 0.6 is 11.3 Å². The average Bonchev–Trinajstić information content (AvgIpc) is 2.94. The fourth-order valence-corrected chi connectivity index (χ4v) is 4.05. The molecular weight excluding hydrogens is 350 g/mol. The molecule has 2 heterocycles. The number of thiazole rings is 1. The van der Waals surface area contributed by atoms with Crippen molar-refractivity contribution < 1.29 is 14.6 Å². The van der Waals surface area contributed by atoms with Crippen molar-refractivity contribution in [2.75, 3.05) is 13.2 Å². The predicted molar refractivity (Wildman–Crippen MR) is 101 cm³/mol. The van der Waals surface area contributed by atoms with Crippen molar-refractivity contribution in [2.24, 2.45) is 5.73 Å². The number of rotatable bonds is 2. The van der Waals surface area contributed by atoms with Gasteiger partial charge in [0.05, 0.1) is 22.8 Å². The van der Waals surface area contributed by atoms with Crippen LogP contribution in [0.15, 0.2) is 36.4 Å². The van der Waals surface area contributed by atoms with Gasteiger partial charge in [-0.2, -0.15) is 0 Å². The summed E-state index contributed by atoms with van der Waals surface area (Å²) in [7, 11) is 0. The second-order valence-electron chi connectivity index (χ2n) is 6.37. The molecule has 4 rings (SSSR count). The Balaban J connectivity index is 1.75. The highest BCUT2D eigenvalue weighted by molar-refractivity contribution is 7.21. The summed E-state index contributed by atoms with van der Waals surface area (Å²) in [5.74, 6) is 0.355. The number of carbonyl (C=O) groups excluding carboxylic acids is 1. The maximum absolute atomic E-state index is 12.3. The number of hydrogen-bond acceptors (Lipinski definition) is 6. The fraction of sp³-hybridized carbons (Fsp3) is 0.263. The minimum Gasteiger partial charge on any atom is -0.504 e. The van der Waals surface area contributed by atoms with Crippen molar-refractivity contribution >= 4 is 27.5 Å². The number of para-hydroxylation sites is 1. The molecule has 1 aliphatic rings. The molecule has 0 bridgehead atoms. The molecule has 26 heavy (non-hydrogen) atoms. The van der Waals surface area contributed by atoms with E-state index in [1.807, 2.05) is 30.3 Å². The van der Waals surface area contributed by atoms with Crippen molar-refractivity contribution in [2.45, 2.75) is 19.5 Å². The number of carbonyl (C=O) groups is 1. The van der Waals surface area contributed by atoms with Gasteiger partial charge in [0, 0.05) is 17.7 Å². The number of ether oxygens (including phenoxy) is 1. The summed E-state index contributed by atoms with van der Waals surface area (Å²) >= 11 is 1.56. The van der Waals surface area contributed by atoms with Crippen molar-refractivity contribution in [3.63, 3.8) is 0 Å². The van der Waals surface area contributed by atoms with Crippen molar-refractivity contribution in [3.8, 4) is 22.1 Å². The van der Waals surface area contributed by atoms with Gasteiger partial charge in [0.2, 0.25) is 5.91 Å². The molecular formula is C19H19N3O3S. The lowest BCUT2D eigenvalue weighted by Crippen LogP contribution is -2.42. The second-order valence-corrected chi connectivity index (χ2v) is 7.40. The van der Waals surface area contributed by atoms with E-state index in [1.54, 1.807) is 29.2 Å². The third kappa shape index (κ3) is 3.00. The molecule has 3 N–H and O–H groups in total. The van der Waals surface area contributed by atoms with E-state index in [0.29, 0.717) is 25.4 Å². The van der Waals surface area contributed by atoms with Crippen LogP contribution in [0.1, 0.15) is 12.5 Å². The third-order valence-corrected chi connectivity index (χ3v) is 5.44. The Morgan fingerprint density at radius 1 is 1.38 bits per heavy atom. The predicted octanol–water partition coefficient (Wildman–Crippen LogP) is 2.74. The Morgan fingerprint density at radius 3 is 2.96 bits per heavy atom.